The van der Waals surface area contributed by atoms with E-state index in [1.54, 1.807) is 0 Å². The summed E-state index contributed by atoms with van der Waals surface area (Å²) < 4.78 is 57.1. The SMILES string of the molecule is CNS(=O)(=O)c1cc(C(=O)Nc2ccc(F)c(F)c2)ccc1OC. The summed E-state index contributed by atoms with van der Waals surface area (Å²) in [7, 11) is -1.33. The summed E-state index contributed by atoms with van der Waals surface area (Å²) in [5.74, 6) is -2.77. The van der Waals surface area contributed by atoms with Crippen LogP contribution in [0.4, 0.5) is 14.5 Å². The molecular formula is C15H14F2N2O4S. The van der Waals surface area contributed by atoms with E-state index < -0.39 is 27.6 Å². The van der Waals surface area contributed by atoms with Crippen molar-refractivity contribution in [2.45, 2.75) is 4.90 Å². The molecule has 0 bridgehead atoms. The topological polar surface area (TPSA) is 84.5 Å². The van der Waals surface area contributed by atoms with Crippen molar-refractivity contribution in [3.63, 3.8) is 0 Å². The Morgan fingerprint density at radius 1 is 1.08 bits per heavy atom. The maximum absolute atomic E-state index is 13.2. The number of halogens is 2. The summed E-state index contributed by atoms with van der Waals surface area (Å²) >= 11 is 0. The second-order valence-corrected chi connectivity index (χ2v) is 6.51. The molecule has 0 atom stereocenters. The first-order valence-corrected chi connectivity index (χ1v) is 8.15. The summed E-state index contributed by atoms with van der Waals surface area (Å²) in [5.41, 5.74) is 0.0436. The Morgan fingerprint density at radius 3 is 2.38 bits per heavy atom. The highest BCUT2D eigenvalue weighted by atomic mass is 32.2. The number of amides is 1. The first-order valence-electron chi connectivity index (χ1n) is 6.66. The number of hydrogen-bond donors (Lipinski definition) is 2. The Balaban J connectivity index is 2.36. The number of carbonyl (C=O) groups is 1. The molecule has 0 heterocycles. The van der Waals surface area contributed by atoms with E-state index in [9.17, 15) is 22.0 Å². The number of anilines is 1. The van der Waals surface area contributed by atoms with Crippen molar-refractivity contribution in [1.82, 2.24) is 4.72 Å². The van der Waals surface area contributed by atoms with Crippen LogP contribution >= 0.6 is 0 Å². The molecule has 0 aliphatic rings. The number of benzene rings is 2. The van der Waals surface area contributed by atoms with Gasteiger partial charge in [-0.15, -0.1) is 0 Å². The summed E-state index contributed by atoms with van der Waals surface area (Å²) in [6.45, 7) is 0. The van der Waals surface area contributed by atoms with Crippen LogP contribution in [0.3, 0.4) is 0 Å². The highest BCUT2D eigenvalue weighted by Gasteiger charge is 2.20. The molecule has 0 aliphatic heterocycles. The minimum atomic E-state index is -3.85. The molecule has 0 spiro atoms. The second kappa shape index (κ2) is 6.93. The van der Waals surface area contributed by atoms with Crippen molar-refractivity contribution in [1.29, 1.82) is 0 Å². The van der Waals surface area contributed by atoms with Crippen LogP contribution in [-0.2, 0) is 10.0 Å². The van der Waals surface area contributed by atoms with Crippen LogP contribution in [0.1, 0.15) is 10.4 Å². The predicted molar refractivity (Wildman–Crippen MR) is 83.6 cm³/mol. The molecule has 0 radical (unpaired) electrons. The second-order valence-electron chi connectivity index (χ2n) is 4.66. The summed E-state index contributed by atoms with van der Waals surface area (Å²) in [6, 6.07) is 6.68. The molecule has 0 saturated heterocycles. The minimum absolute atomic E-state index is 0.00866. The van der Waals surface area contributed by atoms with E-state index in [1.807, 2.05) is 0 Å². The predicted octanol–water partition coefficient (Wildman–Crippen LogP) is 2.13. The third kappa shape index (κ3) is 3.69. The third-order valence-electron chi connectivity index (χ3n) is 3.16. The Morgan fingerprint density at radius 2 is 1.79 bits per heavy atom. The van der Waals surface area contributed by atoms with Gasteiger partial charge in [0, 0.05) is 17.3 Å². The van der Waals surface area contributed by atoms with Gasteiger partial charge in [-0.3, -0.25) is 4.79 Å². The number of hydrogen-bond acceptors (Lipinski definition) is 4. The van der Waals surface area contributed by atoms with E-state index in [0.717, 1.165) is 18.2 Å². The molecule has 128 valence electrons. The lowest BCUT2D eigenvalue weighted by Crippen LogP contribution is -2.20. The zero-order valence-corrected chi connectivity index (χ0v) is 13.6. The highest BCUT2D eigenvalue weighted by Crippen LogP contribution is 2.25. The Bertz CT molecular complexity index is 885. The number of carbonyl (C=O) groups excluding carboxylic acids is 1. The van der Waals surface area contributed by atoms with Gasteiger partial charge >= 0.3 is 0 Å². The quantitative estimate of drug-likeness (QED) is 0.860. The first-order chi connectivity index (χ1) is 11.3. The van der Waals surface area contributed by atoms with E-state index in [1.165, 1.54) is 32.4 Å². The van der Waals surface area contributed by atoms with E-state index in [0.29, 0.717) is 0 Å². The molecule has 2 rings (SSSR count). The largest absolute Gasteiger partial charge is 0.495 e. The Kier molecular flexibility index (Phi) is 5.15. The third-order valence-corrected chi connectivity index (χ3v) is 4.60. The van der Waals surface area contributed by atoms with Crippen LogP contribution in [-0.4, -0.2) is 28.5 Å². The van der Waals surface area contributed by atoms with Gasteiger partial charge in [0.05, 0.1) is 7.11 Å². The molecule has 6 nitrogen and oxygen atoms in total. The van der Waals surface area contributed by atoms with Gasteiger partial charge in [0.2, 0.25) is 10.0 Å². The number of sulfonamides is 1. The molecule has 0 unspecified atom stereocenters. The zero-order chi connectivity index (χ0) is 17.9. The van der Waals surface area contributed by atoms with Crippen molar-refractivity contribution < 1.29 is 26.7 Å². The van der Waals surface area contributed by atoms with E-state index >= 15 is 0 Å². The van der Waals surface area contributed by atoms with Gasteiger partial charge in [0.25, 0.3) is 5.91 Å². The number of rotatable bonds is 5. The number of nitrogens with one attached hydrogen (secondary N) is 2. The van der Waals surface area contributed by atoms with Crippen LogP contribution in [0, 0.1) is 11.6 Å². The number of methoxy groups -OCH3 is 1. The molecule has 0 aliphatic carbocycles. The molecule has 0 aromatic heterocycles. The van der Waals surface area contributed by atoms with E-state index in [2.05, 4.69) is 10.0 Å². The van der Waals surface area contributed by atoms with Gasteiger partial charge in [-0.25, -0.2) is 21.9 Å². The standard InChI is InChI=1S/C15H14F2N2O4S/c1-18-24(21,22)14-7-9(3-6-13(14)23-2)15(20)19-10-4-5-11(16)12(17)8-10/h3-8,18H,1-2H3,(H,19,20). The normalized spacial score (nSPS) is 11.2. The molecule has 0 fully saturated rings. The molecule has 2 aromatic carbocycles. The van der Waals surface area contributed by atoms with Gasteiger partial charge in [-0.2, -0.15) is 0 Å². The monoisotopic (exact) mass is 356 g/mol. The van der Waals surface area contributed by atoms with Crippen LogP contribution in [0.25, 0.3) is 0 Å². The minimum Gasteiger partial charge on any atom is -0.495 e. The smallest absolute Gasteiger partial charge is 0.255 e. The maximum Gasteiger partial charge on any atom is 0.255 e. The molecule has 24 heavy (non-hydrogen) atoms. The number of ether oxygens (including phenoxy) is 1. The zero-order valence-electron chi connectivity index (χ0n) is 12.8. The molecule has 2 aromatic rings. The van der Waals surface area contributed by atoms with Gasteiger partial charge in [-0.05, 0) is 37.4 Å². The fourth-order valence-corrected chi connectivity index (χ4v) is 2.83. The molecule has 9 heteroatoms. The van der Waals surface area contributed by atoms with Gasteiger partial charge in [0.15, 0.2) is 11.6 Å². The lowest BCUT2D eigenvalue weighted by molar-refractivity contribution is 0.102. The van der Waals surface area contributed by atoms with Crippen molar-refractivity contribution >= 4 is 21.6 Å². The fourth-order valence-electron chi connectivity index (χ4n) is 1.92. The lowest BCUT2D eigenvalue weighted by atomic mass is 10.2. The van der Waals surface area contributed by atoms with Crippen LogP contribution in [0.5, 0.6) is 5.75 Å². The van der Waals surface area contributed by atoms with Crippen molar-refractivity contribution in [3.8, 4) is 5.75 Å². The van der Waals surface area contributed by atoms with Crippen molar-refractivity contribution in [3.05, 3.63) is 53.6 Å². The van der Waals surface area contributed by atoms with Gasteiger partial charge in [-0.1, -0.05) is 0 Å². The molecule has 1 amide bonds. The van der Waals surface area contributed by atoms with E-state index in [-0.39, 0.29) is 21.9 Å². The Labute approximate surface area is 137 Å². The molecule has 2 N–H and O–H groups in total. The van der Waals surface area contributed by atoms with Crippen LogP contribution in [0.2, 0.25) is 0 Å². The van der Waals surface area contributed by atoms with Gasteiger partial charge in [0.1, 0.15) is 10.6 Å². The Hall–Kier alpha value is -2.52. The molecule has 0 saturated carbocycles. The maximum atomic E-state index is 13.2. The first kappa shape index (κ1) is 17.8. The van der Waals surface area contributed by atoms with E-state index in [4.69, 9.17) is 4.74 Å². The fraction of sp³-hybridized carbons (Fsp3) is 0.133. The summed E-state index contributed by atoms with van der Waals surface area (Å²) in [4.78, 5) is 12.0. The van der Waals surface area contributed by atoms with Crippen molar-refractivity contribution in [2.75, 3.05) is 19.5 Å². The highest BCUT2D eigenvalue weighted by molar-refractivity contribution is 7.89. The van der Waals surface area contributed by atoms with Gasteiger partial charge < -0.3 is 10.1 Å². The molecular weight excluding hydrogens is 342 g/mol. The van der Waals surface area contributed by atoms with Crippen LogP contribution < -0.4 is 14.8 Å². The average molecular weight is 356 g/mol. The lowest BCUT2D eigenvalue weighted by Gasteiger charge is -2.11. The summed E-state index contributed by atoms with van der Waals surface area (Å²) in [6.07, 6.45) is 0. The van der Waals surface area contributed by atoms with Crippen molar-refractivity contribution in [2.24, 2.45) is 0 Å². The average Bonchev–Trinajstić information content (AvgIpc) is 2.57. The summed E-state index contributed by atoms with van der Waals surface area (Å²) in [5, 5.41) is 2.36. The van der Waals surface area contributed by atoms with Crippen LogP contribution in [0.15, 0.2) is 41.3 Å².